The maximum atomic E-state index is 9.48. The van der Waals surface area contributed by atoms with E-state index in [2.05, 4.69) is 0 Å². The summed E-state index contributed by atoms with van der Waals surface area (Å²) in [5.41, 5.74) is 10.9. The summed E-state index contributed by atoms with van der Waals surface area (Å²) in [6, 6.07) is -0.785. The number of methoxy groups -OCH3 is 1. The molecular formula is C7H16N2O4. The average molecular weight is 192 g/mol. The Bertz CT molecular complexity index is 149. The van der Waals surface area contributed by atoms with Crippen LogP contribution in [-0.2, 0) is 9.47 Å². The van der Waals surface area contributed by atoms with Gasteiger partial charge in [0, 0.05) is 13.7 Å². The summed E-state index contributed by atoms with van der Waals surface area (Å²) in [5, 5.41) is 18.9. The van der Waals surface area contributed by atoms with E-state index in [-0.39, 0.29) is 6.54 Å². The van der Waals surface area contributed by atoms with Gasteiger partial charge in [-0.05, 0) is 0 Å². The first-order valence-electron chi connectivity index (χ1n) is 4.11. The van der Waals surface area contributed by atoms with Crippen molar-refractivity contribution in [3.8, 4) is 0 Å². The molecule has 0 bridgehead atoms. The Labute approximate surface area is 76.4 Å². The third kappa shape index (κ3) is 1.98. The normalized spacial score (nSPS) is 46.4. The Morgan fingerprint density at radius 3 is 2.46 bits per heavy atom. The minimum absolute atomic E-state index is 0.140. The van der Waals surface area contributed by atoms with Crippen LogP contribution in [0.4, 0.5) is 0 Å². The number of aliphatic hydroxyl groups is 2. The zero-order valence-electron chi connectivity index (χ0n) is 7.46. The van der Waals surface area contributed by atoms with Gasteiger partial charge in [0.15, 0.2) is 6.29 Å². The van der Waals surface area contributed by atoms with Crippen LogP contribution in [0.5, 0.6) is 0 Å². The zero-order chi connectivity index (χ0) is 10.0. The summed E-state index contributed by atoms with van der Waals surface area (Å²) >= 11 is 0. The molecule has 13 heavy (non-hydrogen) atoms. The second-order valence-corrected chi connectivity index (χ2v) is 3.07. The van der Waals surface area contributed by atoms with E-state index < -0.39 is 30.6 Å². The average Bonchev–Trinajstić information content (AvgIpc) is 2.15. The first-order valence-corrected chi connectivity index (χ1v) is 4.11. The molecule has 0 spiro atoms. The van der Waals surface area contributed by atoms with Crippen molar-refractivity contribution in [2.24, 2.45) is 11.5 Å². The van der Waals surface area contributed by atoms with E-state index >= 15 is 0 Å². The second-order valence-electron chi connectivity index (χ2n) is 3.07. The van der Waals surface area contributed by atoms with Gasteiger partial charge in [0.2, 0.25) is 0 Å². The minimum Gasteiger partial charge on any atom is -0.389 e. The predicted molar refractivity (Wildman–Crippen MR) is 44.7 cm³/mol. The molecule has 6 nitrogen and oxygen atoms in total. The van der Waals surface area contributed by atoms with Gasteiger partial charge in [-0.15, -0.1) is 0 Å². The van der Waals surface area contributed by atoms with Gasteiger partial charge in [0.1, 0.15) is 12.2 Å². The number of aliphatic hydroxyl groups excluding tert-OH is 2. The van der Waals surface area contributed by atoms with Crippen molar-refractivity contribution in [1.29, 1.82) is 0 Å². The van der Waals surface area contributed by atoms with Gasteiger partial charge in [-0.3, -0.25) is 0 Å². The van der Waals surface area contributed by atoms with E-state index in [1.165, 1.54) is 7.11 Å². The van der Waals surface area contributed by atoms with Crippen LogP contribution in [0.25, 0.3) is 0 Å². The molecule has 6 heteroatoms. The standard InChI is InChI=1S/C7H16N2O4/c1-12-7-6(11)4(9)5(10)3(2-8)13-7/h3-7,10-11H,2,8-9H2,1H3/t3-,4-,5-,6+,7+/m1/s1. The van der Waals surface area contributed by atoms with E-state index in [9.17, 15) is 10.2 Å². The van der Waals surface area contributed by atoms with Crippen LogP contribution >= 0.6 is 0 Å². The molecule has 78 valence electrons. The number of ether oxygens (including phenoxy) is 2. The minimum atomic E-state index is -1.03. The van der Waals surface area contributed by atoms with Crippen molar-refractivity contribution in [2.75, 3.05) is 13.7 Å². The largest absolute Gasteiger partial charge is 0.389 e. The van der Waals surface area contributed by atoms with Crippen molar-refractivity contribution >= 4 is 0 Å². The van der Waals surface area contributed by atoms with Crippen LogP contribution in [0.3, 0.4) is 0 Å². The first kappa shape index (κ1) is 10.8. The molecule has 1 aliphatic heterocycles. The fourth-order valence-electron chi connectivity index (χ4n) is 1.35. The van der Waals surface area contributed by atoms with Crippen LogP contribution in [0, 0.1) is 0 Å². The molecule has 1 fully saturated rings. The van der Waals surface area contributed by atoms with Crippen molar-refractivity contribution in [3.05, 3.63) is 0 Å². The molecule has 0 unspecified atom stereocenters. The summed E-state index contributed by atoms with van der Waals surface area (Å²) in [6.45, 7) is 0.140. The highest BCUT2D eigenvalue weighted by Crippen LogP contribution is 2.19. The number of hydrogen-bond donors (Lipinski definition) is 4. The van der Waals surface area contributed by atoms with Gasteiger partial charge in [0.25, 0.3) is 0 Å². The Balaban J connectivity index is 2.66. The molecule has 0 aromatic carbocycles. The summed E-state index contributed by atoms with van der Waals surface area (Å²) in [5.74, 6) is 0. The Morgan fingerprint density at radius 2 is 2.00 bits per heavy atom. The summed E-state index contributed by atoms with van der Waals surface area (Å²) in [4.78, 5) is 0. The second kappa shape index (κ2) is 4.32. The molecule has 0 aliphatic carbocycles. The molecule has 0 amide bonds. The lowest BCUT2D eigenvalue weighted by Gasteiger charge is -2.40. The predicted octanol–water partition coefficient (Wildman–Crippen LogP) is -2.63. The Hall–Kier alpha value is -0.240. The fourth-order valence-corrected chi connectivity index (χ4v) is 1.35. The van der Waals surface area contributed by atoms with E-state index in [4.69, 9.17) is 20.9 Å². The molecular weight excluding hydrogens is 176 g/mol. The van der Waals surface area contributed by atoms with Crippen LogP contribution < -0.4 is 11.5 Å². The molecule has 1 heterocycles. The lowest BCUT2D eigenvalue weighted by molar-refractivity contribution is -0.259. The van der Waals surface area contributed by atoms with E-state index in [0.29, 0.717) is 0 Å². The lowest BCUT2D eigenvalue weighted by Crippen LogP contribution is -2.63. The maximum absolute atomic E-state index is 9.48. The lowest BCUT2D eigenvalue weighted by atomic mass is 9.97. The van der Waals surface area contributed by atoms with Crippen LogP contribution in [0.15, 0.2) is 0 Å². The topological polar surface area (TPSA) is 111 Å². The van der Waals surface area contributed by atoms with Crippen molar-refractivity contribution in [2.45, 2.75) is 30.6 Å². The molecule has 5 atom stereocenters. The highest BCUT2D eigenvalue weighted by Gasteiger charge is 2.41. The summed E-state index contributed by atoms with van der Waals surface area (Å²) in [6.07, 6.45) is -3.37. The van der Waals surface area contributed by atoms with Crippen molar-refractivity contribution in [1.82, 2.24) is 0 Å². The smallest absolute Gasteiger partial charge is 0.185 e. The van der Waals surface area contributed by atoms with Gasteiger partial charge >= 0.3 is 0 Å². The summed E-state index contributed by atoms with van der Waals surface area (Å²) < 4.78 is 9.99. The third-order valence-corrected chi connectivity index (χ3v) is 2.22. The quantitative estimate of drug-likeness (QED) is 0.381. The van der Waals surface area contributed by atoms with E-state index in [1.807, 2.05) is 0 Å². The van der Waals surface area contributed by atoms with Crippen LogP contribution in [-0.4, -0.2) is 54.5 Å². The van der Waals surface area contributed by atoms with Gasteiger partial charge in [-0.1, -0.05) is 0 Å². The van der Waals surface area contributed by atoms with E-state index in [1.54, 1.807) is 0 Å². The van der Waals surface area contributed by atoms with E-state index in [0.717, 1.165) is 0 Å². The highest BCUT2D eigenvalue weighted by atomic mass is 16.7. The van der Waals surface area contributed by atoms with Gasteiger partial charge < -0.3 is 31.2 Å². The van der Waals surface area contributed by atoms with Crippen LogP contribution in [0.2, 0.25) is 0 Å². The third-order valence-electron chi connectivity index (χ3n) is 2.22. The Kier molecular flexibility index (Phi) is 3.60. The molecule has 0 aromatic rings. The summed E-state index contributed by atoms with van der Waals surface area (Å²) in [7, 11) is 1.39. The molecule has 0 aromatic heterocycles. The molecule has 0 radical (unpaired) electrons. The van der Waals surface area contributed by atoms with Gasteiger partial charge in [0.05, 0.1) is 12.1 Å². The van der Waals surface area contributed by atoms with Crippen LogP contribution in [0.1, 0.15) is 0 Å². The molecule has 1 aliphatic rings. The molecule has 6 N–H and O–H groups in total. The van der Waals surface area contributed by atoms with Crippen molar-refractivity contribution < 1.29 is 19.7 Å². The fraction of sp³-hybridized carbons (Fsp3) is 1.00. The molecule has 1 rings (SSSR count). The molecule has 0 saturated carbocycles. The number of rotatable bonds is 2. The van der Waals surface area contributed by atoms with Gasteiger partial charge in [-0.2, -0.15) is 0 Å². The number of hydrogen-bond acceptors (Lipinski definition) is 6. The van der Waals surface area contributed by atoms with Crippen molar-refractivity contribution in [3.63, 3.8) is 0 Å². The maximum Gasteiger partial charge on any atom is 0.185 e. The number of nitrogens with two attached hydrogens (primary N) is 2. The Morgan fingerprint density at radius 1 is 1.38 bits per heavy atom. The van der Waals surface area contributed by atoms with Gasteiger partial charge in [-0.25, -0.2) is 0 Å². The SMILES string of the molecule is CO[C@H]1O[C@H](CN)[C@@H](O)[C@@H](N)[C@@H]1O. The monoisotopic (exact) mass is 192 g/mol. The molecule has 1 saturated heterocycles. The highest BCUT2D eigenvalue weighted by molar-refractivity contribution is 4.92. The zero-order valence-corrected chi connectivity index (χ0v) is 7.46. The first-order chi connectivity index (χ1) is 6.11.